The molecule has 1 heterocycles. The number of amides is 1. The van der Waals surface area contributed by atoms with Crippen molar-refractivity contribution in [1.82, 2.24) is 5.32 Å². The maximum absolute atomic E-state index is 11.7. The Bertz CT molecular complexity index is 434. The Morgan fingerprint density at radius 3 is 3.18 bits per heavy atom. The minimum absolute atomic E-state index is 0.210. The summed E-state index contributed by atoms with van der Waals surface area (Å²) in [7, 11) is 0. The van der Waals surface area contributed by atoms with Crippen LogP contribution in [0.4, 0.5) is 0 Å². The second-order valence-electron chi connectivity index (χ2n) is 4.16. The largest absolute Gasteiger partial charge is 0.480 e. The predicted octanol–water partition coefficient (Wildman–Crippen LogP) is 1.14. The van der Waals surface area contributed by atoms with Crippen molar-refractivity contribution in [3.63, 3.8) is 0 Å². The van der Waals surface area contributed by atoms with Gasteiger partial charge in [-0.15, -0.1) is 0 Å². The number of carbonyl (C=O) groups excluding carboxylic acids is 1. The molecule has 1 aromatic rings. The lowest BCUT2D eigenvalue weighted by molar-refractivity contribution is -0.127. The molecule has 0 radical (unpaired) electrons. The van der Waals surface area contributed by atoms with Crippen molar-refractivity contribution in [2.24, 2.45) is 0 Å². The highest BCUT2D eigenvalue weighted by molar-refractivity contribution is 6.30. The summed E-state index contributed by atoms with van der Waals surface area (Å²) in [6, 6.07) is 5.30. The van der Waals surface area contributed by atoms with Gasteiger partial charge in [0.25, 0.3) is 5.91 Å². The van der Waals surface area contributed by atoms with Crippen LogP contribution >= 0.6 is 11.6 Å². The molecule has 1 amide bonds. The number of rotatable bonds is 3. The highest BCUT2D eigenvalue weighted by atomic mass is 35.5. The van der Waals surface area contributed by atoms with Gasteiger partial charge >= 0.3 is 0 Å². The summed E-state index contributed by atoms with van der Waals surface area (Å²) in [4.78, 5) is 11.7. The highest BCUT2D eigenvalue weighted by Crippen LogP contribution is 2.30. The van der Waals surface area contributed by atoms with Crippen LogP contribution in [0.1, 0.15) is 12.5 Å². The first-order valence-electron chi connectivity index (χ1n) is 5.47. The first-order chi connectivity index (χ1) is 8.06. The molecule has 17 heavy (non-hydrogen) atoms. The first-order valence-corrected chi connectivity index (χ1v) is 5.85. The minimum Gasteiger partial charge on any atom is -0.480 e. The standard InChI is InChI=1S/C12H14ClNO3/c1-7(15)6-14-12(16)11-5-8-4-9(13)2-3-10(8)17-11/h2-4,7,11,15H,5-6H2,1H3,(H,14,16). The molecule has 1 aromatic carbocycles. The molecule has 4 nitrogen and oxygen atoms in total. The number of ether oxygens (including phenoxy) is 1. The average molecular weight is 256 g/mol. The summed E-state index contributed by atoms with van der Waals surface area (Å²) in [6.07, 6.45) is -0.568. The Labute approximate surface area is 105 Å². The van der Waals surface area contributed by atoms with Crippen molar-refractivity contribution in [2.75, 3.05) is 6.54 Å². The summed E-state index contributed by atoms with van der Waals surface area (Å²) in [5, 5.41) is 12.3. The van der Waals surface area contributed by atoms with E-state index in [1.165, 1.54) is 0 Å². The summed E-state index contributed by atoms with van der Waals surface area (Å²) in [5.41, 5.74) is 0.940. The van der Waals surface area contributed by atoms with Gasteiger partial charge in [0.15, 0.2) is 6.10 Å². The highest BCUT2D eigenvalue weighted by Gasteiger charge is 2.29. The van der Waals surface area contributed by atoms with Crippen LogP contribution < -0.4 is 10.1 Å². The first kappa shape index (κ1) is 12.2. The number of aliphatic hydroxyl groups excluding tert-OH is 1. The van der Waals surface area contributed by atoms with Crippen LogP contribution in [-0.2, 0) is 11.2 Å². The summed E-state index contributed by atoms with van der Waals surface area (Å²) in [6.45, 7) is 1.85. The second-order valence-corrected chi connectivity index (χ2v) is 4.59. The Kier molecular flexibility index (Phi) is 3.54. The summed E-state index contributed by atoms with van der Waals surface area (Å²) < 4.78 is 5.50. The third-order valence-corrected chi connectivity index (χ3v) is 2.80. The van der Waals surface area contributed by atoms with Gasteiger partial charge < -0.3 is 15.2 Å². The van der Waals surface area contributed by atoms with Gasteiger partial charge in [0.1, 0.15) is 5.75 Å². The van der Waals surface area contributed by atoms with E-state index >= 15 is 0 Å². The van der Waals surface area contributed by atoms with Crippen molar-refractivity contribution >= 4 is 17.5 Å². The van der Waals surface area contributed by atoms with Gasteiger partial charge in [-0.3, -0.25) is 4.79 Å². The number of hydrogen-bond acceptors (Lipinski definition) is 3. The Morgan fingerprint density at radius 1 is 1.71 bits per heavy atom. The maximum Gasteiger partial charge on any atom is 0.261 e. The molecule has 2 N–H and O–H groups in total. The molecule has 1 aliphatic heterocycles. The Morgan fingerprint density at radius 2 is 2.47 bits per heavy atom. The van der Waals surface area contributed by atoms with E-state index < -0.39 is 12.2 Å². The Hall–Kier alpha value is -1.26. The lowest BCUT2D eigenvalue weighted by Crippen LogP contribution is -2.40. The minimum atomic E-state index is -0.558. The lowest BCUT2D eigenvalue weighted by Gasteiger charge is -2.12. The molecule has 2 atom stereocenters. The maximum atomic E-state index is 11.7. The number of nitrogens with one attached hydrogen (secondary N) is 1. The molecule has 0 fully saturated rings. The van der Waals surface area contributed by atoms with E-state index in [4.69, 9.17) is 21.4 Å². The van der Waals surface area contributed by atoms with Gasteiger partial charge in [-0.05, 0) is 30.7 Å². The number of aliphatic hydroxyl groups is 1. The van der Waals surface area contributed by atoms with Crippen LogP contribution in [0, 0.1) is 0 Å². The fraction of sp³-hybridized carbons (Fsp3) is 0.417. The molecule has 92 valence electrons. The van der Waals surface area contributed by atoms with E-state index in [2.05, 4.69) is 5.32 Å². The van der Waals surface area contributed by atoms with Crippen molar-refractivity contribution in [3.05, 3.63) is 28.8 Å². The zero-order chi connectivity index (χ0) is 12.4. The molecular formula is C12H14ClNO3. The molecular weight excluding hydrogens is 242 g/mol. The van der Waals surface area contributed by atoms with E-state index in [0.29, 0.717) is 17.2 Å². The number of fused-ring (bicyclic) bond motifs is 1. The van der Waals surface area contributed by atoms with Crippen LogP contribution in [0.5, 0.6) is 5.75 Å². The molecule has 0 saturated heterocycles. The van der Waals surface area contributed by atoms with Crippen molar-refractivity contribution in [2.45, 2.75) is 25.6 Å². The molecule has 5 heteroatoms. The smallest absolute Gasteiger partial charge is 0.261 e. The normalized spacial score (nSPS) is 19.4. The number of carbonyl (C=O) groups is 1. The summed E-state index contributed by atoms with van der Waals surface area (Å²) >= 11 is 5.86. The third kappa shape index (κ3) is 2.90. The van der Waals surface area contributed by atoms with Crippen molar-refractivity contribution in [1.29, 1.82) is 0 Å². The van der Waals surface area contributed by atoms with Gasteiger partial charge in [0.05, 0.1) is 6.10 Å². The Balaban J connectivity index is 1.97. The fourth-order valence-corrected chi connectivity index (χ4v) is 1.92. The molecule has 0 bridgehead atoms. The van der Waals surface area contributed by atoms with E-state index in [9.17, 15) is 4.79 Å². The van der Waals surface area contributed by atoms with Gasteiger partial charge in [-0.2, -0.15) is 0 Å². The van der Waals surface area contributed by atoms with Crippen LogP contribution in [-0.4, -0.2) is 29.8 Å². The monoisotopic (exact) mass is 255 g/mol. The molecule has 0 aromatic heterocycles. The van der Waals surface area contributed by atoms with Crippen LogP contribution in [0.3, 0.4) is 0 Å². The molecule has 2 unspecified atom stereocenters. The third-order valence-electron chi connectivity index (χ3n) is 2.56. The topological polar surface area (TPSA) is 58.6 Å². The zero-order valence-electron chi connectivity index (χ0n) is 9.44. The van der Waals surface area contributed by atoms with Gasteiger partial charge in [-0.25, -0.2) is 0 Å². The average Bonchev–Trinajstić information content (AvgIpc) is 2.68. The predicted molar refractivity (Wildman–Crippen MR) is 64.3 cm³/mol. The van der Waals surface area contributed by atoms with Crippen LogP contribution in [0.15, 0.2) is 18.2 Å². The molecule has 0 spiro atoms. The van der Waals surface area contributed by atoms with E-state index in [1.54, 1.807) is 25.1 Å². The lowest BCUT2D eigenvalue weighted by atomic mass is 10.1. The van der Waals surface area contributed by atoms with Crippen molar-refractivity contribution in [3.8, 4) is 5.75 Å². The SMILES string of the molecule is CC(O)CNC(=O)C1Cc2cc(Cl)ccc2O1. The van der Waals surface area contributed by atoms with Crippen molar-refractivity contribution < 1.29 is 14.6 Å². The number of hydrogen-bond donors (Lipinski definition) is 2. The van der Waals surface area contributed by atoms with Gasteiger partial charge in [-0.1, -0.05) is 11.6 Å². The zero-order valence-corrected chi connectivity index (χ0v) is 10.2. The summed E-state index contributed by atoms with van der Waals surface area (Å²) in [5.74, 6) is 0.491. The van der Waals surface area contributed by atoms with Crippen LogP contribution in [0.25, 0.3) is 0 Å². The number of benzene rings is 1. The number of halogens is 1. The van der Waals surface area contributed by atoms with E-state index in [1.807, 2.05) is 0 Å². The second kappa shape index (κ2) is 4.94. The van der Waals surface area contributed by atoms with Crippen LogP contribution in [0.2, 0.25) is 5.02 Å². The quantitative estimate of drug-likeness (QED) is 0.852. The van der Waals surface area contributed by atoms with Gasteiger partial charge in [0, 0.05) is 18.0 Å². The fourth-order valence-electron chi connectivity index (χ4n) is 1.73. The molecule has 2 rings (SSSR count). The van der Waals surface area contributed by atoms with E-state index in [0.717, 1.165) is 5.56 Å². The van der Waals surface area contributed by atoms with E-state index in [-0.39, 0.29) is 12.5 Å². The molecule has 0 saturated carbocycles. The molecule has 1 aliphatic rings. The molecule has 0 aliphatic carbocycles. The van der Waals surface area contributed by atoms with Gasteiger partial charge in [0.2, 0.25) is 0 Å².